The molecule has 4 nitrogen and oxygen atoms in total. The first-order chi connectivity index (χ1) is 11.0. The summed E-state index contributed by atoms with van der Waals surface area (Å²) >= 11 is 0. The summed E-state index contributed by atoms with van der Waals surface area (Å²) in [7, 11) is -3.24. The number of sulfone groups is 1. The molecule has 0 spiro atoms. The van der Waals surface area contributed by atoms with E-state index in [9.17, 15) is 13.2 Å². The largest absolute Gasteiger partial charge is 0.338 e. The Bertz CT molecular complexity index is 660. The monoisotopic (exact) mass is 335 g/mol. The number of hydrogen-bond donors (Lipinski definition) is 0. The van der Waals surface area contributed by atoms with E-state index in [1.807, 2.05) is 4.90 Å². The van der Waals surface area contributed by atoms with Gasteiger partial charge in [0, 0.05) is 18.7 Å². The van der Waals surface area contributed by atoms with Gasteiger partial charge < -0.3 is 4.90 Å². The summed E-state index contributed by atoms with van der Waals surface area (Å²) in [6.07, 6.45) is 5.72. The van der Waals surface area contributed by atoms with Crippen LogP contribution >= 0.6 is 0 Å². The van der Waals surface area contributed by atoms with Gasteiger partial charge in [-0.25, -0.2) is 8.42 Å². The van der Waals surface area contributed by atoms with E-state index >= 15 is 0 Å². The van der Waals surface area contributed by atoms with Crippen LogP contribution in [0.15, 0.2) is 29.2 Å². The van der Waals surface area contributed by atoms with Gasteiger partial charge in [0.05, 0.1) is 10.1 Å². The third-order valence-electron chi connectivity index (χ3n) is 5.12. The Morgan fingerprint density at radius 3 is 2.30 bits per heavy atom. The highest BCUT2D eigenvalue weighted by Gasteiger charge is 2.30. The van der Waals surface area contributed by atoms with Gasteiger partial charge in [-0.1, -0.05) is 19.8 Å². The normalized spacial score (nSPS) is 23.2. The van der Waals surface area contributed by atoms with Crippen molar-refractivity contribution >= 4 is 15.7 Å². The van der Waals surface area contributed by atoms with Crippen molar-refractivity contribution in [1.82, 2.24) is 4.90 Å². The molecule has 2 fully saturated rings. The summed E-state index contributed by atoms with van der Waals surface area (Å²) in [5.74, 6) is 0.552. The zero-order chi connectivity index (χ0) is 16.4. The summed E-state index contributed by atoms with van der Waals surface area (Å²) in [5, 5.41) is -0.244. The Labute approximate surface area is 138 Å². The minimum Gasteiger partial charge on any atom is -0.338 e. The first kappa shape index (κ1) is 16.5. The van der Waals surface area contributed by atoms with Gasteiger partial charge in [-0.15, -0.1) is 0 Å². The van der Waals surface area contributed by atoms with Crippen LogP contribution in [0.2, 0.25) is 0 Å². The standard InChI is InChI=1S/C18H25NO3S/c1-14-5-4-12-19(13-14)18(20)15-8-10-17(11-9-15)23(21,22)16-6-2-3-7-16/h8-11,14,16H,2-7,12-13H2,1H3/t14-/m1/s1. The van der Waals surface area contributed by atoms with E-state index in [2.05, 4.69) is 6.92 Å². The molecular weight excluding hydrogens is 310 g/mol. The molecule has 1 aliphatic carbocycles. The number of carbonyl (C=O) groups excluding carboxylic acids is 1. The molecule has 1 heterocycles. The molecule has 0 N–H and O–H groups in total. The van der Waals surface area contributed by atoms with Crippen LogP contribution in [0, 0.1) is 5.92 Å². The molecule has 0 aromatic heterocycles. The quantitative estimate of drug-likeness (QED) is 0.852. The van der Waals surface area contributed by atoms with Crippen LogP contribution in [0.4, 0.5) is 0 Å². The van der Waals surface area contributed by atoms with Crippen LogP contribution in [-0.2, 0) is 9.84 Å². The van der Waals surface area contributed by atoms with Crippen molar-refractivity contribution in [2.45, 2.75) is 55.6 Å². The molecule has 3 rings (SSSR count). The summed E-state index contributed by atoms with van der Waals surface area (Å²) in [6.45, 7) is 3.75. The fourth-order valence-corrected chi connectivity index (χ4v) is 5.59. The topological polar surface area (TPSA) is 54.5 Å². The van der Waals surface area contributed by atoms with Crippen LogP contribution in [0.1, 0.15) is 55.8 Å². The minimum atomic E-state index is -3.24. The molecule has 1 aromatic rings. The van der Waals surface area contributed by atoms with Crippen LogP contribution in [-0.4, -0.2) is 37.6 Å². The van der Waals surface area contributed by atoms with Gasteiger partial charge in [0.2, 0.25) is 0 Å². The highest BCUT2D eigenvalue weighted by molar-refractivity contribution is 7.92. The lowest BCUT2D eigenvalue weighted by atomic mass is 9.99. The maximum Gasteiger partial charge on any atom is 0.253 e. The predicted octanol–water partition coefficient (Wildman–Crippen LogP) is 3.28. The van der Waals surface area contributed by atoms with Gasteiger partial charge in [-0.3, -0.25) is 4.79 Å². The Balaban J connectivity index is 1.75. The van der Waals surface area contributed by atoms with Gasteiger partial charge in [-0.2, -0.15) is 0 Å². The number of likely N-dealkylation sites (tertiary alicyclic amines) is 1. The van der Waals surface area contributed by atoms with E-state index in [0.717, 1.165) is 45.2 Å². The summed E-state index contributed by atoms with van der Waals surface area (Å²) < 4.78 is 25.1. The molecule has 1 saturated heterocycles. The van der Waals surface area contributed by atoms with E-state index in [-0.39, 0.29) is 11.2 Å². The first-order valence-corrected chi connectivity index (χ1v) is 10.2. The van der Waals surface area contributed by atoms with Crippen molar-refractivity contribution in [1.29, 1.82) is 0 Å². The van der Waals surface area contributed by atoms with Crippen molar-refractivity contribution in [3.8, 4) is 0 Å². The summed E-state index contributed by atoms with van der Waals surface area (Å²) in [4.78, 5) is 14.8. The zero-order valence-electron chi connectivity index (χ0n) is 13.7. The summed E-state index contributed by atoms with van der Waals surface area (Å²) in [6, 6.07) is 6.55. The Morgan fingerprint density at radius 1 is 1.04 bits per heavy atom. The minimum absolute atomic E-state index is 0.0152. The maximum absolute atomic E-state index is 12.6. The molecule has 1 atom stereocenters. The number of hydrogen-bond acceptors (Lipinski definition) is 3. The van der Waals surface area contributed by atoms with Crippen molar-refractivity contribution in [3.05, 3.63) is 29.8 Å². The van der Waals surface area contributed by atoms with Crippen LogP contribution in [0.5, 0.6) is 0 Å². The molecule has 1 aliphatic heterocycles. The molecule has 23 heavy (non-hydrogen) atoms. The van der Waals surface area contributed by atoms with Gasteiger partial charge in [0.25, 0.3) is 5.91 Å². The fraction of sp³-hybridized carbons (Fsp3) is 0.611. The maximum atomic E-state index is 12.6. The molecule has 5 heteroatoms. The van der Waals surface area contributed by atoms with Gasteiger partial charge in [0.15, 0.2) is 9.84 Å². The number of nitrogens with zero attached hydrogens (tertiary/aromatic N) is 1. The van der Waals surface area contributed by atoms with Gasteiger partial charge in [-0.05, 0) is 55.9 Å². The third kappa shape index (κ3) is 3.44. The van der Waals surface area contributed by atoms with Crippen molar-refractivity contribution < 1.29 is 13.2 Å². The van der Waals surface area contributed by atoms with Gasteiger partial charge >= 0.3 is 0 Å². The Morgan fingerprint density at radius 2 is 1.70 bits per heavy atom. The zero-order valence-corrected chi connectivity index (χ0v) is 14.5. The number of rotatable bonds is 3. The van der Waals surface area contributed by atoms with E-state index < -0.39 is 9.84 Å². The second-order valence-corrected chi connectivity index (χ2v) is 9.20. The Kier molecular flexibility index (Phi) is 4.76. The fourth-order valence-electron chi connectivity index (χ4n) is 3.73. The highest BCUT2D eigenvalue weighted by Crippen LogP contribution is 2.29. The highest BCUT2D eigenvalue weighted by atomic mass is 32.2. The second-order valence-electron chi connectivity index (χ2n) is 6.97. The summed E-state index contributed by atoms with van der Waals surface area (Å²) in [5.41, 5.74) is 0.587. The lowest BCUT2D eigenvalue weighted by molar-refractivity contribution is 0.0683. The molecule has 1 amide bonds. The average Bonchev–Trinajstić information content (AvgIpc) is 3.09. The smallest absolute Gasteiger partial charge is 0.253 e. The van der Waals surface area contributed by atoms with Crippen molar-refractivity contribution in [2.75, 3.05) is 13.1 Å². The van der Waals surface area contributed by atoms with Crippen LogP contribution in [0.3, 0.4) is 0 Å². The molecule has 0 unspecified atom stereocenters. The number of carbonyl (C=O) groups is 1. The molecular formula is C18H25NO3S. The van der Waals surface area contributed by atoms with Crippen molar-refractivity contribution in [3.63, 3.8) is 0 Å². The average molecular weight is 335 g/mol. The molecule has 1 saturated carbocycles. The van der Waals surface area contributed by atoms with Crippen LogP contribution in [0.25, 0.3) is 0 Å². The van der Waals surface area contributed by atoms with Gasteiger partial charge in [0.1, 0.15) is 0 Å². The lowest BCUT2D eigenvalue weighted by Gasteiger charge is -2.31. The first-order valence-electron chi connectivity index (χ1n) is 8.62. The molecule has 0 radical (unpaired) electrons. The number of amides is 1. The molecule has 2 aliphatic rings. The Hall–Kier alpha value is -1.36. The molecule has 0 bridgehead atoms. The number of piperidine rings is 1. The van der Waals surface area contributed by atoms with E-state index in [0.29, 0.717) is 16.4 Å². The van der Waals surface area contributed by atoms with E-state index in [1.54, 1.807) is 24.3 Å². The SMILES string of the molecule is C[C@@H]1CCCN(C(=O)c2ccc(S(=O)(=O)C3CCCC3)cc2)C1. The van der Waals surface area contributed by atoms with Crippen LogP contribution < -0.4 is 0 Å². The predicted molar refractivity (Wildman–Crippen MR) is 90.2 cm³/mol. The van der Waals surface area contributed by atoms with E-state index in [1.165, 1.54) is 6.42 Å². The lowest BCUT2D eigenvalue weighted by Crippen LogP contribution is -2.39. The van der Waals surface area contributed by atoms with E-state index in [4.69, 9.17) is 0 Å². The third-order valence-corrected chi connectivity index (χ3v) is 7.39. The number of benzene rings is 1. The molecule has 1 aromatic carbocycles. The van der Waals surface area contributed by atoms with Crippen molar-refractivity contribution in [2.24, 2.45) is 5.92 Å². The second kappa shape index (κ2) is 6.63. The molecule has 126 valence electrons.